The van der Waals surface area contributed by atoms with Gasteiger partial charge in [-0.2, -0.15) is 5.10 Å². The van der Waals surface area contributed by atoms with E-state index >= 15 is 0 Å². The molecule has 1 unspecified atom stereocenters. The summed E-state index contributed by atoms with van der Waals surface area (Å²) in [5.41, 5.74) is 5.40. The Balaban J connectivity index is 1.48. The van der Waals surface area contributed by atoms with Gasteiger partial charge in [0, 0.05) is 18.0 Å². The van der Waals surface area contributed by atoms with E-state index in [1.165, 1.54) is 15.9 Å². The first-order valence-electron chi connectivity index (χ1n) is 12.6. The number of para-hydroxylation sites is 1. The maximum absolute atomic E-state index is 14.2. The Bertz CT molecular complexity index is 2030. The average Bonchev–Trinajstić information content (AvgIpc) is 3.53. The van der Waals surface area contributed by atoms with Crippen molar-refractivity contribution >= 4 is 33.8 Å². The van der Waals surface area contributed by atoms with E-state index in [2.05, 4.69) is 32.2 Å². The first-order valence-corrected chi connectivity index (χ1v) is 13.4. The summed E-state index contributed by atoms with van der Waals surface area (Å²) >= 11 is 1.46. The van der Waals surface area contributed by atoms with Gasteiger partial charge in [0.25, 0.3) is 11.5 Å². The Morgan fingerprint density at radius 2 is 1.82 bits per heavy atom. The van der Waals surface area contributed by atoms with Crippen molar-refractivity contribution in [2.24, 2.45) is 0 Å². The predicted octanol–water partition coefficient (Wildman–Crippen LogP) is 4.39. The Morgan fingerprint density at radius 3 is 2.60 bits per heavy atom. The van der Waals surface area contributed by atoms with E-state index in [1.54, 1.807) is 48.4 Å². The number of carbonyl (C=O) groups is 1. The summed E-state index contributed by atoms with van der Waals surface area (Å²) in [5, 5.41) is 7.81. The third-order valence-corrected chi connectivity index (χ3v) is 7.37. The second kappa shape index (κ2) is 10.2. The van der Waals surface area contributed by atoms with E-state index in [4.69, 9.17) is 4.98 Å². The van der Waals surface area contributed by atoms with Gasteiger partial charge in [-0.05, 0) is 57.0 Å². The monoisotopic (exact) mass is 545 g/mol. The largest absolute Gasteiger partial charge is 0.342 e. The van der Waals surface area contributed by atoms with Gasteiger partial charge in [-0.25, -0.2) is 19.5 Å². The lowest BCUT2D eigenvalue weighted by Gasteiger charge is -2.20. The van der Waals surface area contributed by atoms with Crippen LogP contribution >= 0.6 is 11.3 Å². The molecule has 40 heavy (non-hydrogen) atoms. The Morgan fingerprint density at radius 1 is 1.00 bits per heavy atom. The summed E-state index contributed by atoms with van der Waals surface area (Å²) in [7, 11) is 0. The first kappa shape index (κ1) is 25.2. The standard InChI is InChI=1S/C30H23N7O2S/c1-18-24(40-17-32-18)14-13-21-9-7-12-23-26(21)30(39)37(22-10-5-4-6-11-22)27(34-23)20(3)33-29(38)25-19(2)35-36-16-8-15-31-28(25)36/h4-12,15-17,20H,1-3H3,(H,33,38). The summed E-state index contributed by atoms with van der Waals surface area (Å²) in [5.74, 6) is 6.34. The number of thiazole rings is 1. The molecule has 1 N–H and O–H groups in total. The molecule has 10 heteroatoms. The molecule has 0 saturated carbocycles. The third kappa shape index (κ3) is 4.42. The molecule has 0 bridgehead atoms. The van der Waals surface area contributed by atoms with Crippen LogP contribution in [0.1, 0.15) is 51.0 Å². The fourth-order valence-corrected chi connectivity index (χ4v) is 5.26. The van der Waals surface area contributed by atoms with Crippen LogP contribution in [0.25, 0.3) is 22.2 Å². The van der Waals surface area contributed by atoms with Crippen molar-refractivity contribution in [3.63, 3.8) is 0 Å². The van der Waals surface area contributed by atoms with Crippen LogP contribution in [0.2, 0.25) is 0 Å². The van der Waals surface area contributed by atoms with Gasteiger partial charge in [-0.15, -0.1) is 11.3 Å². The summed E-state index contributed by atoms with van der Waals surface area (Å²) in [6.07, 6.45) is 3.36. The van der Waals surface area contributed by atoms with Gasteiger partial charge in [0.2, 0.25) is 0 Å². The Labute approximate surface area is 233 Å². The molecule has 0 aliphatic heterocycles. The van der Waals surface area contributed by atoms with Gasteiger partial charge in [0.15, 0.2) is 5.65 Å². The number of benzene rings is 2. The molecule has 0 spiro atoms. The van der Waals surface area contributed by atoms with E-state index < -0.39 is 6.04 Å². The van der Waals surface area contributed by atoms with Crippen molar-refractivity contribution in [2.75, 3.05) is 0 Å². The number of aryl methyl sites for hydroxylation is 2. The quantitative estimate of drug-likeness (QED) is 0.329. The number of hydrogen-bond acceptors (Lipinski definition) is 7. The van der Waals surface area contributed by atoms with Crippen LogP contribution in [0.15, 0.2) is 77.3 Å². The van der Waals surface area contributed by atoms with Crippen LogP contribution in [-0.2, 0) is 0 Å². The second-order valence-electron chi connectivity index (χ2n) is 9.21. The van der Waals surface area contributed by atoms with Crippen molar-refractivity contribution in [1.29, 1.82) is 0 Å². The number of rotatable bonds is 4. The number of aromatic nitrogens is 6. The molecule has 6 aromatic rings. The lowest BCUT2D eigenvalue weighted by molar-refractivity contribution is 0.0938. The normalized spacial score (nSPS) is 11.8. The van der Waals surface area contributed by atoms with Crippen molar-refractivity contribution in [1.82, 2.24) is 34.4 Å². The van der Waals surface area contributed by atoms with Crippen LogP contribution < -0.4 is 10.9 Å². The highest BCUT2D eigenvalue weighted by atomic mass is 32.1. The van der Waals surface area contributed by atoms with Crippen molar-refractivity contribution in [2.45, 2.75) is 26.8 Å². The summed E-state index contributed by atoms with van der Waals surface area (Å²) < 4.78 is 3.11. The molecule has 0 aliphatic rings. The molecule has 6 rings (SSSR count). The van der Waals surface area contributed by atoms with Crippen LogP contribution in [0.3, 0.4) is 0 Å². The SMILES string of the molecule is Cc1ncsc1C#Cc1cccc2nc(C(C)NC(=O)c3c(C)nn4cccnc34)n(-c3ccccc3)c(=O)c12. The summed E-state index contributed by atoms with van der Waals surface area (Å²) in [4.78, 5) is 41.9. The highest BCUT2D eigenvalue weighted by molar-refractivity contribution is 7.10. The van der Waals surface area contributed by atoms with Gasteiger partial charge >= 0.3 is 0 Å². The molecule has 9 nitrogen and oxygen atoms in total. The van der Waals surface area contributed by atoms with Crippen molar-refractivity contribution in [3.05, 3.63) is 116 Å². The summed E-state index contributed by atoms with van der Waals surface area (Å²) in [6.45, 7) is 5.47. The smallest absolute Gasteiger partial charge is 0.267 e. The van der Waals surface area contributed by atoms with Gasteiger partial charge in [0.05, 0.1) is 44.4 Å². The van der Waals surface area contributed by atoms with E-state index in [0.29, 0.717) is 44.9 Å². The number of fused-ring (bicyclic) bond motifs is 2. The van der Waals surface area contributed by atoms with Crippen molar-refractivity contribution in [3.8, 4) is 17.5 Å². The van der Waals surface area contributed by atoms with Crippen LogP contribution in [0, 0.1) is 25.7 Å². The minimum atomic E-state index is -0.627. The number of nitrogens with zero attached hydrogens (tertiary/aromatic N) is 6. The highest BCUT2D eigenvalue weighted by Crippen LogP contribution is 2.22. The zero-order valence-electron chi connectivity index (χ0n) is 21.9. The molecular weight excluding hydrogens is 522 g/mol. The maximum Gasteiger partial charge on any atom is 0.267 e. The Hall–Kier alpha value is -5.14. The van der Waals surface area contributed by atoms with Crippen molar-refractivity contribution < 1.29 is 4.79 Å². The minimum absolute atomic E-state index is 0.271. The molecule has 4 aromatic heterocycles. The number of amides is 1. The van der Waals surface area contributed by atoms with E-state index in [9.17, 15) is 9.59 Å². The highest BCUT2D eigenvalue weighted by Gasteiger charge is 2.24. The molecule has 1 atom stereocenters. The lowest BCUT2D eigenvalue weighted by Crippen LogP contribution is -2.33. The van der Waals surface area contributed by atoms with Gasteiger partial charge in [0.1, 0.15) is 11.4 Å². The number of nitrogens with one attached hydrogen (secondary N) is 1. The van der Waals surface area contributed by atoms with E-state index in [-0.39, 0.29) is 11.5 Å². The van der Waals surface area contributed by atoms with E-state index in [0.717, 1.165) is 10.6 Å². The molecule has 0 radical (unpaired) electrons. The summed E-state index contributed by atoms with van der Waals surface area (Å²) in [6, 6.07) is 15.8. The van der Waals surface area contributed by atoms with Gasteiger partial charge in [-0.3, -0.25) is 14.2 Å². The molecular formula is C30H23N7O2S. The molecule has 0 aliphatic carbocycles. The van der Waals surface area contributed by atoms with E-state index in [1.807, 2.05) is 49.4 Å². The maximum atomic E-state index is 14.2. The molecule has 4 heterocycles. The molecule has 2 aromatic carbocycles. The fourth-order valence-electron chi connectivity index (χ4n) is 4.61. The topological polar surface area (TPSA) is 107 Å². The van der Waals surface area contributed by atoms with Gasteiger partial charge < -0.3 is 5.32 Å². The lowest BCUT2D eigenvalue weighted by atomic mass is 10.1. The third-order valence-electron chi connectivity index (χ3n) is 6.53. The first-order chi connectivity index (χ1) is 19.4. The second-order valence-corrected chi connectivity index (χ2v) is 10.1. The van der Waals surface area contributed by atoms with Crippen LogP contribution in [0.4, 0.5) is 0 Å². The van der Waals surface area contributed by atoms with Gasteiger partial charge in [-0.1, -0.05) is 30.2 Å². The molecule has 196 valence electrons. The molecule has 1 amide bonds. The zero-order chi connectivity index (χ0) is 27.8. The number of hydrogen-bond donors (Lipinski definition) is 1. The molecule has 0 fully saturated rings. The van der Waals surface area contributed by atoms with Crippen LogP contribution in [0.5, 0.6) is 0 Å². The Kier molecular flexibility index (Phi) is 6.42. The number of carbonyl (C=O) groups excluding carboxylic acids is 1. The average molecular weight is 546 g/mol. The zero-order valence-corrected chi connectivity index (χ0v) is 22.7. The predicted molar refractivity (Wildman–Crippen MR) is 154 cm³/mol. The molecule has 0 saturated heterocycles. The van der Waals surface area contributed by atoms with Crippen LogP contribution in [-0.4, -0.2) is 35.0 Å². The fraction of sp³-hybridized carbons (Fsp3) is 0.133. The minimum Gasteiger partial charge on any atom is -0.342 e.